The van der Waals surface area contributed by atoms with Crippen LogP contribution in [0.1, 0.15) is 12.8 Å². The molecular formula is C6H13F3N2O. The van der Waals surface area contributed by atoms with Crippen LogP contribution in [0.4, 0.5) is 13.2 Å². The van der Waals surface area contributed by atoms with E-state index < -0.39 is 12.2 Å². The van der Waals surface area contributed by atoms with Crippen LogP contribution in [-0.2, 0) is 4.74 Å². The number of nitrogens with two attached hydrogens (primary N) is 1. The van der Waals surface area contributed by atoms with Crippen molar-refractivity contribution in [3.05, 3.63) is 0 Å². The molecule has 0 heterocycles. The summed E-state index contributed by atoms with van der Waals surface area (Å²) < 4.78 is 40.5. The molecule has 0 radical (unpaired) electrons. The van der Waals surface area contributed by atoms with Crippen LogP contribution in [0.5, 0.6) is 0 Å². The van der Waals surface area contributed by atoms with E-state index in [1.165, 1.54) is 7.11 Å². The number of alkyl halides is 3. The Morgan fingerprint density at radius 3 is 2.42 bits per heavy atom. The van der Waals surface area contributed by atoms with Crippen LogP contribution in [0.3, 0.4) is 0 Å². The van der Waals surface area contributed by atoms with Crippen LogP contribution in [0.25, 0.3) is 0 Å². The predicted molar refractivity (Wildman–Crippen MR) is 38.3 cm³/mol. The Morgan fingerprint density at radius 2 is 2.08 bits per heavy atom. The Hall–Kier alpha value is -0.330. The van der Waals surface area contributed by atoms with Crippen molar-refractivity contribution in [3.63, 3.8) is 0 Å². The van der Waals surface area contributed by atoms with Gasteiger partial charge in [0.2, 0.25) is 0 Å². The molecule has 0 amide bonds. The van der Waals surface area contributed by atoms with E-state index in [9.17, 15) is 13.2 Å². The highest BCUT2D eigenvalue weighted by atomic mass is 19.4. The molecule has 0 saturated heterocycles. The molecule has 1 unspecified atom stereocenters. The molecule has 3 N–H and O–H groups in total. The summed E-state index contributed by atoms with van der Waals surface area (Å²) in [6, 6.07) is -1.63. The molecule has 6 heteroatoms. The first kappa shape index (κ1) is 11.7. The average molecular weight is 186 g/mol. The standard InChI is InChI=1S/C6H13F3N2O/c1-12-4-2-3-5(11-10)6(7,8)9/h5,11H,2-4,10H2,1H3. The number of methoxy groups -OCH3 is 1. The van der Waals surface area contributed by atoms with Crippen molar-refractivity contribution in [1.29, 1.82) is 0 Å². The lowest BCUT2D eigenvalue weighted by Gasteiger charge is -2.18. The van der Waals surface area contributed by atoms with Crippen LogP contribution in [0.2, 0.25) is 0 Å². The Kier molecular flexibility index (Phi) is 5.19. The number of hydrogen-bond acceptors (Lipinski definition) is 3. The van der Waals surface area contributed by atoms with E-state index in [1.807, 2.05) is 0 Å². The molecule has 0 spiro atoms. The molecule has 74 valence electrons. The van der Waals surface area contributed by atoms with Gasteiger partial charge in [0.1, 0.15) is 6.04 Å². The average Bonchev–Trinajstić information content (AvgIpc) is 1.95. The van der Waals surface area contributed by atoms with Gasteiger partial charge in [0.15, 0.2) is 0 Å². The number of rotatable bonds is 5. The number of ether oxygens (including phenoxy) is 1. The second-order valence-corrected chi connectivity index (χ2v) is 2.40. The lowest BCUT2D eigenvalue weighted by atomic mass is 10.1. The summed E-state index contributed by atoms with van der Waals surface area (Å²) in [5.41, 5.74) is 1.72. The van der Waals surface area contributed by atoms with Crippen LogP contribution >= 0.6 is 0 Å². The predicted octanol–water partition coefficient (Wildman–Crippen LogP) is 0.807. The highest BCUT2D eigenvalue weighted by molar-refractivity contribution is 4.71. The zero-order valence-electron chi connectivity index (χ0n) is 6.82. The van der Waals surface area contributed by atoms with Crippen LogP contribution in [-0.4, -0.2) is 25.9 Å². The Bertz CT molecular complexity index is 118. The lowest BCUT2D eigenvalue weighted by molar-refractivity contribution is -0.158. The van der Waals surface area contributed by atoms with Crippen LogP contribution in [0, 0.1) is 0 Å². The van der Waals surface area contributed by atoms with Crippen molar-refractivity contribution < 1.29 is 17.9 Å². The van der Waals surface area contributed by atoms with Gasteiger partial charge in [0.05, 0.1) is 0 Å². The normalized spacial score (nSPS) is 14.8. The fourth-order valence-electron chi connectivity index (χ4n) is 0.773. The molecular weight excluding hydrogens is 173 g/mol. The van der Waals surface area contributed by atoms with Crippen molar-refractivity contribution in [1.82, 2.24) is 5.43 Å². The first-order chi connectivity index (χ1) is 5.52. The van der Waals surface area contributed by atoms with Gasteiger partial charge in [-0.2, -0.15) is 13.2 Å². The minimum absolute atomic E-state index is 0.0617. The van der Waals surface area contributed by atoms with Gasteiger partial charge in [0.25, 0.3) is 0 Å². The van der Waals surface area contributed by atoms with E-state index >= 15 is 0 Å². The van der Waals surface area contributed by atoms with Crippen molar-refractivity contribution in [2.45, 2.75) is 25.1 Å². The van der Waals surface area contributed by atoms with Gasteiger partial charge in [0, 0.05) is 13.7 Å². The molecule has 12 heavy (non-hydrogen) atoms. The SMILES string of the molecule is COCCCC(NN)C(F)(F)F. The van der Waals surface area contributed by atoms with E-state index in [4.69, 9.17) is 5.84 Å². The van der Waals surface area contributed by atoms with Gasteiger partial charge in [-0.1, -0.05) is 0 Å². The van der Waals surface area contributed by atoms with Gasteiger partial charge in [-0.05, 0) is 12.8 Å². The molecule has 0 fully saturated rings. The van der Waals surface area contributed by atoms with Gasteiger partial charge < -0.3 is 4.74 Å². The Labute approximate surface area is 69.0 Å². The highest BCUT2D eigenvalue weighted by Gasteiger charge is 2.38. The first-order valence-electron chi connectivity index (χ1n) is 3.54. The van der Waals surface area contributed by atoms with E-state index in [-0.39, 0.29) is 6.42 Å². The largest absolute Gasteiger partial charge is 0.405 e. The molecule has 0 aromatic rings. The fraction of sp³-hybridized carbons (Fsp3) is 1.00. The molecule has 0 aliphatic rings. The van der Waals surface area contributed by atoms with Crippen molar-refractivity contribution >= 4 is 0 Å². The Morgan fingerprint density at radius 1 is 1.50 bits per heavy atom. The second-order valence-electron chi connectivity index (χ2n) is 2.40. The topological polar surface area (TPSA) is 47.3 Å². The summed E-state index contributed by atoms with van der Waals surface area (Å²) >= 11 is 0. The number of halogens is 3. The molecule has 0 rings (SSSR count). The van der Waals surface area contributed by atoms with Gasteiger partial charge >= 0.3 is 6.18 Å². The zero-order chi connectivity index (χ0) is 9.61. The lowest BCUT2D eigenvalue weighted by Crippen LogP contribution is -2.46. The molecule has 0 aliphatic heterocycles. The third-order valence-corrected chi connectivity index (χ3v) is 1.44. The smallest absolute Gasteiger partial charge is 0.385 e. The molecule has 0 aromatic heterocycles. The van der Waals surface area contributed by atoms with Gasteiger partial charge in [-0.15, -0.1) is 0 Å². The first-order valence-corrected chi connectivity index (χ1v) is 3.54. The summed E-state index contributed by atoms with van der Waals surface area (Å²) in [7, 11) is 1.44. The minimum Gasteiger partial charge on any atom is -0.385 e. The Balaban J connectivity index is 3.68. The third-order valence-electron chi connectivity index (χ3n) is 1.44. The summed E-state index contributed by atoms with van der Waals surface area (Å²) in [5, 5.41) is 0. The van der Waals surface area contributed by atoms with Crippen molar-refractivity contribution in [2.24, 2.45) is 5.84 Å². The second kappa shape index (κ2) is 5.34. The zero-order valence-corrected chi connectivity index (χ0v) is 6.82. The molecule has 1 atom stereocenters. The van der Waals surface area contributed by atoms with E-state index in [2.05, 4.69) is 4.74 Å². The van der Waals surface area contributed by atoms with Gasteiger partial charge in [-0.25, -0.2) is 5.43 Å². The maximum absolute atomic E-state index is 12.0. The van der Waals surface area contributed by atoms with E-state index in [0.29, 0.717) is 13.0 Å². The summed E-state index contributed by atoms with van der Waals surface area (Å²) in [6.45, 7) is 0.314. The third kappa shape index (κ3) is 4.53. The van der Waals surface area contributed by atoms with E-state index in [1.54, 1.807) is 5.43 Å². The molecule has 3 nitrogen and oxygen atoms in total. The van der Waals surface area contributed by atoms with Gasteiger partial charge in [-0.3, -0.25) is 5.84 Å². The summed E-state index contributed by atoms with van der Waals surface area (Å²) in [6.07, 6.45) is -4.00. The maximum Gasteiger partial charge on any atom is 0.405 e. The monoisotopic (exact) mass is 186 g/mol. The molecule has 0 saturated carbocycles. The maximum atomic E-state index is 12.0. The van der Waals surface area contributed by atoms with Crippen LogP contribution < -0.4 is 11.3 Å². The van der Waals surface area contributed by atoms with Crippen molar-refractivity contribution in [2.75, 3.05) is 13.7 Å². The summed E-state index contributed by atoms with van der Waals surface area (Å²) in [5.74, 6) is 4.73. The number of hydrogen-bond donors (Lipinski definition) is 2. The van der Waals surface area contributed by atoms with E-state index in [0.717, 1.165) is 0 Å². The number of nitrogens with one attached hydrogen (secondary N) is 1. The molecule has 0 aliphatic carbocycles. The number of hydrazine groups is 1. The minimum atomic E-state index is -4.28. The molecule has 0 bridgehead atoms. The highest BCUT2D eigenvalue weighted by Crippen LogP contribution is 2.22. The fourth-order valence-corrected chi connectivity index (χ4v) is 0.773. The van der Waals surface area contributed by atoms with Crippen LogP contribution in [0.15, 0.2) is 0 Å². The molecule has 0 aromatic carbocycles. The van der Waals surface area contributed by atoms with Crippen molar-refractivity contribution in [3.8, 4) is 0 Å². The summed E-state index contributed by atoms with van der Waals surface area (Å²) in [4.78, 5) is 0. The quantitative estimate of drug-likeness (QED) is 0.379.